The van der Waals surface area contributed by atoms with Gasteiger partial charge in [0.1, 0.15) is 18.2 Å². The van der Waals surface area contributed by atoms with Gasteiger partial charge in [-0.2, -0.15) is 0 Å². The average molecular weight is 445 g/mol. The molecule has 0 N–H and O–H groups in total. The van der Waals surface area contributed by atoms with E-state index in [9.17, 15) is 4.79 Å². The molecule has 0 bridgehead atoms. The first-order valence-corrected chi connectivity index (χ1v) is 11.7. The maximum atomic E-state index is 10.7. The monoisotopic (exact) mass is 444 g/mol. The van der Waals surface area contributed by atoms with Gasteiger partial charge in [-0.15, -0.1) is 0 Å². The molecule has 3 fully saturated rings. The van der Waals surface area contributed by atoms with Crippen molar-refractivity contribution in [1.82, 2.24) is 19.9 Å². The zero-order valence-electron chi connectivity index (χ0n) is 18.6. The molecular weight excluding hydrogens is 416 g/mol. The molecule has 1 aromatic carbocycles. The number of aromatic nitrogens is 3. The fourth-order valence-corrected chi connectivity index (χ4v) is 5.46. The maximum absolute atomic E-state index is 10.7. The van der Waals surface area contributed by atoms with Gasteiger partial charge in [0.05, 0.1) is 12.1 Å². The number of carbonyl (C=O) groups is 1. The molecule has 8 nitrogen and oxygen atoms in total. The van der Waals surface area contributed by atoms with E-state index < -0.39 is 0 Å². The summed E-state index contributed by atoms with van der Waals surface area (Å²) >= 11 is 0. The summed E-state index contributed by atoms with van der Waals surface area (Å²) in [4.78, 5) is 31.4. The van der Waals surface area contributed by atoms with Crippen molar-refractivity contribution in [3.8, 4) is 5.88 Å². The van der Waals surface area contributed by atoms with Gasteiger partial charge < -0.3 is 19.3 Å². The minimum absolute atomic E-state index is 0.124. The van der Waals surface area contributed by atoms with E-state index in [4.69, 9.17) is 9.72 Å². The number of aldehydes is 1. The van der Waals surface area contributed by atoms with Crippen LogP contribution < -0.4 is 14.5 Å². The van der Waals surface area contributed by atoms with Crippen LogP contribution in [0.1, 0.15) is 12.8 Å². The summed E-state index contributed by atoms with van der Waals surface area (Å²) < 4.78 is 6.36. The lowest BCUT2D eigenvalue weighted by atomic mass is 9.73. The van der Waals surface area contributed by atoms with Crippen molar-refractivity contribution in [2.24, 2.45) is 5.41 Å². The highest BCUT2D eigenvalue weighted by Crippen LogP contribution is 2.43. The third-order valence-electron chi connectivity index (χ3n) is 7.08. The van der Waals surface area contributed by atoms with Crippen molar-refractivity contribution in [3.63, 3.8) is 0 Å². The quantitative estimate of drug-likeness (QED) is 0.537. The van der Waals surface area contributed by atoms with Gasteiger partial charge in [0.2, 0.25) is 0 Å². The zero-order chi connectivity index (χ0) is 22.3. The second kappa shape index (κ2) is 8.26. The smallest absolute Gasteiger partial charge is 0.257 e. The highest BCUT2D eigenvalue weighted by Gasteiger charge is 2.52. The first kappa shape index (κ1) is 20.4. The number of carbonyl (C=O) groups excluding carboxylic acids is 1. The fourth-order valence-electron chi connectivity index (χ4n) is 5.46. The van der Waals surface area contributed by atoms with E-state index in [1.807, 2.05) is 12.1 Å². The van der Waals surface area contributed by atoms with E-state index >= 15 is 0 Å². The predicted octanol–water partition coefficient (Wildman–Crippen LogP) is 2.39. The van der Waals surface area contributed by atoms with Crippen LogP contribution in [0.15, 0.2) is 48.8 Å². The Labute approximate surface area is 193 Å². The molecule has 0 saturated carbocycles. The second-order valence-corrected chi connectivity index (χ2v) is 9.54. The van der Waals surface area contributed by atoms with Crippen molar-refractivity contribution in [2.45, 2.75) is 18.9 Å². The number of nitrogens with zero attached hydrogens (tertiary/aromatic N) is 6. The van der Waals surface area contributed by atoms with E-state index in [0.717, 1.165) is 75.5 Å². The van der Waals surface area contributed by atoms with Crippen LogP contribution in [-0.4, -0.2) is 78.1 Å². The molecular formula is C25H28N6O2. The number of benzene rings is 1. The average Bonchev–Trinajstić information content (AvgIpc) is 2.81. The standard InChI is InChI=1S/C25H28N6O2/c32-14-13-29-15-25(16-29)17-31(18-25)23-24(27-10-9-26-23)33-20-7-11-30(12-8-20)22-6-5-19-3-1-2-4-21(19)28-22/h1-6,9-10,14,20H,7-8,11-13,15-18H2. The van der Waals surface area contributed by atoms with Crippen molar-refractivity contribution < 1.29 is 9.53 Å². The van der Waals surface area contributed by atoms with Crippen molar-refractivity contribution >= 4 is 28.8 Å². The van der Waals surface area contributed by atoms with Crippen LogP contribution in [-0.2, 0) is 4.79 Å². The molecule has 0 atom stereocenters. The molecule has 170 valence electrons. The van der Waals surface area contributed by atoms with Crippen molar-refractivity contribution in [1.29, 1.82) is 0 Å². The minimum Gasteiger partial charge on any atom is -0.472 e. The molecule has 3 aliphatic rings. The molecule has 3 saturated heterocycles. The Bertz CT molecular complexity index is 1150. The van der Waals surface area contributed by atoms with Gasteiger partial charge in [-0.05, 0) is 18.2 Å². The van der Waals surface area contributed by atoms with Crippen molar-refractivity contribution in [3.05, 3.63) is 48.8 Å². The van der Waals surface area contributed by atoms with E-state index in [1.54, 1.807) is 12.4 Å². The Kier molecular flexibility index (Phi) is 5.10. The summed E-state index contributed by atoms with van der Waals surface area (Å²) in [6, 6.07) is 12.5. The molecule has 0 radical (unpaired) electrons. The van der Waals surface area contributed by atoms with E-state index in [1.165, 1.54) is 5.39 Å². The summed E-state index contributed by atoms with van der Waals surface area (Å²) in [6.45, 7) is 6.22. The predicted molar refractivity (Wildman–Crippen MR) is 127 cm³/mol. The Morgan fingerprint density at radius 2 is 1.76 bits per heavy atom. The van der Waals surface area contributed by atoms with Gasteiger partial charge in [-0.3, -0.25) is 4.90 Å². The highest BCUT2D eigenvalue weighted by atomic mass is 16.5. The summed E-state index contributed by atoms with van der Waals surface area (Å²) in [5, 5.41) is 1.17. The van der Waals surface area contributed by atoms with Crippen LogP contribution in [0.2, 0.25) is 0 Å². The summed E-state index contributed by atoms with van der Waals surface area (Å²) in [7, 11) is 0. The van der Waals surface area contributed by atoms with Crippen LogP contribution >= 0.6 is 0 Å². The fraction of sp³-hybridized carbons (Fsp3) is 0.440. The highest BCUT2D eigenvalue weighted by molar-refractivity contribution is 5.80. The van der Waals surface area contributed by atoms with Gasteiger partial charge >= 0.3 is 0 Å². The molecule has 3 aromatic rings. The molecule has 2 aromatic heterocycles. The largest absolute Gasteiger partial charge is 0.472 e. The number of likely N-dealkylation sites (tertiary alicyclic amines) is 1. The van der Waals surface area contributed by atoms with Gasteiger partial charge in [0.15, 0.2) is 5.82 Å². The zero-order valence-corrected chi connectivity index (χ0v) is 18.6. The number of hydrogen-bond acceptors (Lipinski definition) is 8. The SMILES string of the molecule is O=CCN1CC2(C1)CN(c1nccnc1OC1CCN(c3ccc4ccccc4n3)CC1)C2. The Hall–Kier alpha value is -3.26. The molecule has 0 unspecified atom stereocenters. The Balaban J connectivity index is 1.06. The molecule has 6 rings (SSSR count). The lowest BCUT2D eigenvalue weighted by Gasteiger charge is -2.60. The molecule has 8 heteroatoms. The van der Waals surface area contributed by atoms with Crippen LogP contribution in [0.5, 0.6) is 5.88 Å². The third-order valence-corrected chi connectivity index (χ3v) is 7.08. The van der Waals surface area contributed by atoms with Crippen LogP contribution in [0, 0.1) is 5.41 Å². The number of hydrogen-bond donors (Lipinski definition) is 0. The van der Waals surface area contributed by atoms with E-state index in [-0.39, 0.29) is 6.10 Å². The normalized spacial score (nSPS) is 20.5. The van der Waals surface area contributed by atoms with Gasteiger partial charge in [0, 0.05) is 75.3 Å². The first-order valence-electron chi connectivity index (χ1n) is 11.7. The topological polar surface area (TPSA) is 74.7 Å². The first-order chi connectivity index (χ1) is 16.2. The van der Waals surface area contributed by atoms with Crippen molar-refractivity contribution in [2.75, 3.05) is 55.6 Å². The maximum Gasteiger partial charge on any atom is 0.257 e. The lowest BCUT2D eigenvalue weighted by Crippen LogP contribution is -2.72. The number of fused-ring (bicyclic) bond motifs is 1. The molecule has 1 spiro atoms. The Morgan fingerprint density at radius 1 is 0.970 bits per heavy atom. The van der Waals surface area contributed by atoms with E-state index in [2.05, 4.69) is 48.9 Å². The number of pyridine rings is 1. The van der Waals surface area contributed by atoms with Gasteiger partial charge in [-0.25, -0.2) is 15.0 Å². The number of para-hydroxylation sites is 1. The number of rotatable bonds is 6. The number of anilines is 2. The Morgan fingerprint density at radius 3 is 2.58 bits per heavy atom. The number of ether oxygens (including phenoxy) is 1. The van der Waals surface area contributed by atoms with Crippen LogP contribution in [0.4, 0.5) is 11.6 Å². The number of piperidine rings is 1. The minimum atomic E-state index is 0.124. The third kappa shape index (κ3) is 3.88. The molecule has 3 aliphatic heterocycles. The van der Waals surface area contributed by atoms with Gasteiger partial charge in [0.25, 0.3) is 5.88 Å². The molecule has 0 aliphatic carbocycles. The molecule has 33 heavy (non-hydrogen) atoms. The summed E-state index contributed by atoms with van der Waals surface area (Å²) in [5.41, 5.74) is 1.33. The van der Waals surface area contributed by atoms with E-state index in [0.29, 0.717) is 17.8 Å². The summed E-state index contributed by atoms with van der Waals surface area (Å²) in [6.07, 6.45) is 6.40. The lowest BCUT2D eigenvalue weighted by molar-refractivity contribution is -0.112. The van der Waals surface area contributed by atoms with Crippen LogP contribution in [0.25, 0.3) is 10.9 Å². The van der Waals surface area contributed by atoms with Crippen LogP contribution in [0.3, 0.4) is 0 Å². The molecule has 5 heterocycles. The second-order valence-electron chi connectivity index (χ2n) is 9.54. The molecule has 0 amide bonds. The summed E-state index contributed by atoms with van der Waals surface area (Å²) in [5.74, 6) is 2.51. The van der Waals surface area contributed by atoms with Gasteiger partial charge in [-0.1, -0.05) is 18.2 Å².